The molecule has 1 aliphatic carbocycles. The minimum Gasteiger partial charge on any atom is -0.372 e. The molecule has 0 spiro atoms. The molecule has 2 aliphatic heterocycles. The average molecular weight is 338 g/mol. The average Bonchev–Trinajstić information content (AvgIpc) is 2.53. The zero-order valence-electron chi connectivity index (χ0n) is 15.7. The van der Waals surface area contributed by atoms with Crippen molar-refractivity contribution in [2.45, 2.75) is 77.0 Å². The molecular weight excluding hydrogens is 302 g/mol. The van der Waals surface area contributed by atoms with Gasteiger partial charge in [0, 0.05) is 25.2 Å². The summed E-state index contributed by atoms with van der Waals surface area (Å²) in [5.74, 6) is 0.585. The standard InChI is InChI=1S/C19H35N3O2/c1-4-19(3)14-22(11-12-24-19)18(23)20-15(2)16-7-6-10-21(13-16)17-8-5-9-17/h15-17H,4-14H2,1-3H3,(H,20,23)/t15-,16-,19+/m0/s1. The van der Waals surface area contributed by atoms with Gasteiger partial charge >= 0.3 is 6.03 Å². The molecule has 2 amide bonds. The Morgan fingerprint density at radius 2 is 2.08 bits per heavy atom. The van der Waals surface area contributed by atoms with Gasteiger partial charge in [-0.15, -0.1) is 0 Å². The highest BCUT2D eigenvalue weighted by Gasteiger charge is 2.35. The van der Waals surface area contributed by atoms with Crippen LogP contribution in [0.4, 0.5) is 4.79 Å². The molecule has 5 nitrogen and oxygen atoms in total. The second-order valence-corrected chi connectivity index (χ2v) is 8.29. The fourth-order valence-corrected chi connectivity index (χ4v) is 4.25. The number of urea groups is 1. The van der Waals surface area contributed by atoms with Crippen molar-refractivity contribution >= 4 is 6.03 Å². The zero-order chi connectivity index (χ0) is 17.2. The molecule has 0 unspecified atom stereocenters. The zero-order valence-corrected chi connectivity index (χ0v) is 15.7. The largest absolute Gasteiger partial charge is 0.372 e. The van der Waals surface area contributed by atoms with E-state index >= 15 is 0 Å². The molecule has 24 heavy (non-hydrogen) atoms. The maximum atomic E-state index is 12.7. The monoisotopic (exact) mass is 337 g/mol. The Balaban J connectivity index is 1.50. The smallest absolute Gasteiger partial charge is 0.317 e. The first-order valence-corrected chi connectivity index (χ1v) is 9.94. The molecule has 2 saturated heterocycles. The van der Waals surface area contributed by atoms with Crippen LogP contribution in [-0.4, -0.2) is 66.3 Å². The molecule has 5 heteroatoms. The molecule has 3 atom stereocenters. The summed E-state index contributed by atoms with van der Waals surface area (Å²) in [6.07, 6.45) is 7.58. The Morgan fingerprint density at radius 1 is 1.29 bits per heavy atom. The lowest BCUT2D eigenvalue weighted by Gasteiger charge is -2.44. The molecule has 1 saturated carbocycles. The van der Waals surface area contributed by atoms with E-state index in [1.165, 1.54) is 38.6 Å². The number of amides is 2. The van der Waals surface area contributed by atoms with Gasteiger partial charge in [0.1, 0.15) is 0 Å². The van der Waals surface area contributed by atoms with Gasteiger partial charge in [0.25, 0.3) is 0 Å². The van der Waals surface area contributed by atoms with Crippen LogP contribution in [0.15, 0.2) is 0 Å². The number of piperidine rings is 1. The molecule has 3 fully saturated rings. The van der Waals surface area contributed by atoms with Crippen molar-refractivity contribution < 1.29 is 9.53 Å². The van der Waals surface area contributed by atoms with E-state index in [4.69, 9.17) is 4.74 Å². The Kier molecular flexibility index (Phi) is 5.70. The van der Waals surface area contributed by atoms with Gasteiger partial charge in [-0.3, -0.25) is 0 Å². The minimum atomic E-state index is -0.190. The van der Waals surface area contributed by atoms with Crippen LogP contribution in [0.1, 0.15) is 59.3 Å². The number of carbonyl (C=O) groups excluding carboxylic acids is 1. The van der Waals surface area contributed by atoms with Crippen molar-refractivity contribution in [1.82, 2.24) is 15.1 Å². The Hall–Kier alpha value is -0.810. The molecule has 0 aromatic rings. The lowest BCUT2D eigenvalue weighted by Crippen LogP contribution is -2.57. The summed E-state index contributed by atoms with van der Waals surface area (Å²) in [6.45, 7) is 10.9. The van der Waals surface area contributed by atoms with Crippen molar-refractivity contribution in [3.8, 4) is 0 Å². The third-order valence-corrected chi connectivity index (χ3v) is 6.51. The third-order valence-electron chi connectivity index (χ3n) is 6.51. The number of carbonyl (C=O) groups is 1. The predicted octanol–water partition coefficient (Wildman–Crippen LogP) is 2.85. The van der Waals surface area contributed by atoms with Gasteiger partial charge in [0.15, 0.2) is 0 Å². The number of nitrogens with zero attached hydrogens (tertiary/aromatic N) is 2. The molecular formula is C19H35N3O2. The second kappa shape index (κ2) is 7.61. The van der Waals surface area contributed by atoms with Crippen LogP contribution >= 0.6 is 0 Å². The fraction of sp³-hybridized carbons (Fsp3) is 0.947. The topological polar surface area (TPSA) is 44.8 Å². The van der Waals surface area contributed by atoms with Gasteiger partial charge in [-0.2, -0.15) is 0 Å². The number of ether oxygens (including phenoxy) is 1. The number of hydrogen-bond acceptors (Lipinski definition) is 3. The summed E-state index contributed by atoms with van der Waals surface area (Å²) in [6, 6.07) is 1.16. The highest BCUT2D eigenvalue weighted by atomic mass is 16.5. The Labute approximate surface area is 147 Å². The van der Waals surface area contributed by atoms with Crippen LogP contribution in [0, 0.1) is 5.92 Å². The molecule has 138 valence electrons. The number of nitrogens with one attached hydrogen (secondary N) is 1. The van der Waals surface area contributed by atoms with E-state index in [0.717, 1.165) is 19.0 Å². The lowest BCUT2D eigenvalue weighted by atomic mass is 9.85. The van der Waals surface area contributed by atoms with Crippen LogP contribution in [0.2, 0.25) is 0 Å². The SMILES string of the molecule is CC[C@]1(C)CN(C(=O)N[C@@H](C)[C@H]2CCCN(C3CCC3)C2)CCO1. The highest BCUT2D eigenvalue weighted by molar-refractivity contribution is 5.74. The van der Waals surface area contributed by atoms with Gasteiger partial charge in [0.2, 0.25) is 0 Å². The van der Waals surface area contributed by atoms with E-state index in [1.54, 1.807) is 0 Å². The van der Waals surface area contributed by atoms with Crippen molar-refractivity contribution in [3.63, 3.8) is 0 Å². The van der Waals surface area contributed by atoms with Crippen LogP contribution in [0.25, 0.3) is 0 Å². The summed E-state index contributed by atoms with van der Waals surface area (Å²) in [5.41, 5.74) is -0.190. The van der Waals surface area contributed by atoms with E-state index in [-0.39, 0.29) is 17.7 Å². The quantitative estimate of drug-likeness (QED) is 0.858. The fourth-order valence-electron chi connectivity index (χ4n) is 4.25. The van der Waals surface area contributed by atoms with Crippen molar-refractivity contribution in [2.24, 2.45) is 5.92 Å². The maximum absolute atomic E-state index is 12.7. The molecule has 0 aromatic heterocycles. The summed E-state index contributed by atoms with van der Waals surface area (Å²) >= 11 is 0. The number of rotatable bonds is 4. The molecule has 1 N–H and O–H groups in total. The van der Waals surface area contributed by atoms with E-state index < -0.39 is 0 Å². The normalized spacial score (nSPS) is 33.8. The Morgan fingerprint density at radius 3 is 2.75 bits per heavy atom. The Bertz CT molecular complexity index is 440. The summed E-state index contributed by atoms with van der Waals surface area (Å²) in [7, 11) is 0. The van der Waals surface area contributed by atoms with Crippen LogP contribution in [0.5, 0.6) is 0 Å². The molecule has 2 heterocycles. The number of hydrogen-bond donors (Lipinski definition) is 1. The number of morpholine rings is 1. The highest BCUT2D eigenvalue weighted by Crippen LogP contribution is 2.30. The lowest BCUT2D eigenvalue weighted by molar-refractivity contribution is -0.0876. The molecule has 0 bridgehead atoms. The van der Waals surface area contributed by atoms with Crippen molar-refractivity contribution in [3.05, 3.63) is 0 Å². The molecule has 3 aliphatic rings. The molecule has 0 radical (unpaired) electrons. The summed E-state index contributed by atoms with van der Waals surface area (Å²) in [4.78, 5) is 17.3. The third kappa shape index (κ3) is 4.05. The number of likely N-dealkylation sites (tertiary alicyclic amines) is 1. The first kappa shape index (κ1) is 18.0. The minimum absolute atomic E-state index is 0.0891. The first-order chi connectivity index (χ1) is 11.5. The van der Waals surface area contributed by atoms with Gasteiger partial charge in [0.05, 0.1) is 18.8 Å². The summed E-state index contributed by atoms with van der Waals surface area (Å²) in [5, 5.41) is 3.28. The molecule has 0 aromatic carbocycles. The maximum Gasteiger partial charge on any atom is 0.317 e. The van der Waals surface area contributed by atoms with E-state index in [9.17, 15) is 4.79 Å². The van der Waals surface area contributed by atoms with Crippen LogP contribution < -0.4 is 5.32 Å². The summed E-state index contributed by atoms with van der Waals surface area (Å²) < 4.78 is 5.85. The van der Waals surface area contributed by atoms with Crippen molar-refractivity contribution in [1.29, 1.82) is 0 Å². The van der Waals surface area contributed by atoms with E-state index in [1.807, 2.05) is 4.90 Å². The van der Waals surface area contributed by atoms with Crippen molar-refractivity contribution in [2.75, 3.05) is 32.8 Å². The van der Waals surface area contributed by atoms with Gasteiger partial charge in [-0.1, -0.05) is 13.3 Å². The van der Waals surface area contributed by atoms with Gasteiger partial charge < -0.3 is 19.9 Å². The van der Waals surface area contributed by atoms with Crippen LogP contribution in [0.3, 0.4) is 0 Å². The van der Waals surface area contributed by atoms with Gasteiger partial charge in [-0.05, 0) is 58.4 Å². The van der Waals surface area contributed by atoms with Gasteiger partial charge in [-0.25, -0.2) is 4.79 Å². The first-order valence-electron chi connectivity index (χ1n) is 9.94. The second-order valence-electron chi connectivity index (χ2n) is 8.29. The van der Waals surface area contributed by atoms with E-state index in [0.29, 0.717) is 25.6 Å². The van der Waals surface area contributed by atoms with Crippen LogP contribution in [-0.2, 0) is 4.74 Å². The molecule has 3 rings (SSSR count). The van der Waals surface area contributed by atoms with E-state index in [2.05, 4.69) is 31.0 Å². The predicted molar refractivity (Wildman–Crippen MR) is 96.2 cm³/mol.